The standard InChI is InChI=1S/2C14H16.C11H15NO2.C11H24.C10H12Cl2.C10H12F2.C9H20.2C7H16.C6H12/c1-11(2)10-13-8-5-7-12-6-3-4-9-14(12)13;1-11(2)9-12-7-8-13-5-3-4-6-14(13)10-12;1-9(2)3-4-10-5-7-11(8-6-10)12(13)14;1-4-5-6-7-8-9-10-11(2)3;1-7(2)6-8-9(11)4-3-5-10(8)12;1-7(2)3-8-4-9(11)6-10(12)5-8;1-4-5-6-7-8-9(2)3;1-6(2)5-7(3)4;1-4-5-6-7(2)3;1-4-5-6(2)3/h3-9,11H,10H2,1-2H3;3-8,10-11H,9H2,1-2H3;5-9H,3-4H2,1-2H3;11H,4-10H2,1-3H3;3-5,7H,6H2,1-2H3;4-7H,3H2,1-2H3;9H,4-8H2,1-3H3;6-7H,5H2,1-4H3;7H,4-6H2,1-3H3;4,6H,1,5H2,2-3H3. The Balaban J connectivity index is -0.00000113. The Morgan fingerprint density at radius 2 is 0.783 bits per heavy atom. The summed E-state index contributed by atoms with van der Waals surface area (Å²) in [6, 6.07) is 46.5. The average Bonchev–Trinajstić information content (AvgIpc) is 0.843. The van der Waals surface area contributed by atoms with Crippen molar-refractivity contribution in [2.24, 2.45) is 65.1 Å². The molecule has 0 heterocycles. The van der Waals surface area contributed by atoms with E-state index in [1.807, 2.05) is 50.3 Å². The SMILES string of the molecule is C=CCC(C)C.CC(C)CC(C)C.CC(C)CCc1ccc([N+](=O)[O-])cc1.CC(C)Cc1c(Cl)cccc1Cl.CC(C)Cc1cc(F)cc(F)c1.CC(C)Cc1ccc2ccccc2c1.CC(C)Cc1cccc2ccccc12.CCCCC(C)C.CCCCCCC(C)C.CCCCCCCCC(C)C. The Morgan fingerprint density at radius 3 is 1.20 bits per heavy atom. The summed E-state index contributed by atoms with van der Waals surface area (Å²) in [5, 5.41) is 17.4. The molecule has 0 atom stereocenters. The summed E-state index contributed by atoms with van der Waals surface area (Å²) < 4.78 is 25.3. The van der Waals surface area contributed by atoms with Crippen molar-refractivity contribution in [3.8, 4) is 0 Å². The van der Waals surface area contributed by atoms with Gasteiger partial charge in [-0.15, -0.1) is 6.58 Å². The van der Waals surface area contributed by atoms with Gasteiger partial charge in [0.25, 0.3) is 5.69 Å². The van der Waals surface area contributed by atoms with Crippen molar-refractivity contribution >= 4 is 50.4 Å². The summed E-state index contributed by atoms with van der Waals surface area (Å²) in [4.78, 5) is 10.0. The van der Waals surface area contributed by atoms with E-state index in [-0.39, 0.29) is 10.6 Å². The van der Waals surface area contributed by atoms with Crippen LogP contribution in [-0.4, -0.2) is 4.92 Å². The minimum atomic E-state index is -0.495. The maximum atomic E-state index is 12.6. The third-order valence-electron chi connectivity index (χ3n) is 16.8. The Hall–Kier alpha value is -5.36. The number of rotatable bonds is 31. The lowest BCUT2D eigenvalue weighted by molar-refractivity contribution is -0.384. The minimum Gasteiger partial charge on any atom is -0.258 e. The lowest BCUT2D eigenvalue weighted by atomic mass is 9.97. The first kappa shape index (κ1) is 105. The maximum Gasteiger partial charge on any atom is 0.269 e. The summed E-state index contributed by atoms with van der Waals surface area (Å²) in [6.45, 7) is 59.3. The zero-order valence-corrected chi connectivity index (χ0v) is 74.0. The zero-order valence-electron chi connectivity index (χ0n) is 72.5. The van der Waals surface area contributed by atoms with Crippen molar-refractivity contribution in [1.82, 2.24) is 0 Å². The molecule has 0 aliphatic heterocycles. The predicted octanol–water partition coefficient (Wildman–Crippen LogP) is 34.4. The highest BCUT2D eigenvalue weighted by Gasteiger charge is 2.09. The number of halogens is 4. The number of nitro benzene ring substituents is 1. The summed E-state index contributed by atoms with van der Waals surface area (Å²) in [5.74, 6) is 7.39. The molecule has 0 aliphatic carbocycles. The molecule has 0 radical (unpaired) electrons. The monoisotopic (exact) mass is 1500 g/mol. The number of aryl methyl sites for hydroxylation is 1. The van der Waals surface area contributed by atoms with E-state index >= 15 is 0 Å². The van der Waals surface area contributed by atoms with Gasteiger partial charge in [0.2, 0.25) is 0 Å². The molecule has 0 fully saturated rings. The van der Waals surface area contributed by atoms with Gasteiger partial charge in [-0.05, 0) is 190 Å². The van der Waals surface area contributed by atoms with E-state index < -0.39 is 11.6 Å². The topological polar surface area (TPSA) is 43.1 Å². The van der Waals surface area contributed by atoms with Crippen LogP contribution in [0.25, 0.3) is 21.5 Å². The van der Waals surface area contributed by atoms with Gasteiger partial charge in [-0.2, -0.15) is 0 Å². The molecule has 7 rings (SSSR count). The van der Waals surface area contributed by atoms with Gasteiger partial charge in [0.1, 0.15) is 11.6 Å². The molecule has 0 spiro atoms. The number of allylic oxidation sites excluding steroid dienone is 1. The molecule has 7 heteroatoms. The molecule has 7 aromatic carbocycles. The molecule has 0 unspecified atom stereocenters. The molecule has 0 saturated heterocycles. The summed E-state index contributed by atoms with van der Waals surface area (Å²) in [6.07, 6.45) is 31.8. The summed E-state index contributed by atoms with van der Waals surface area (Å²) in [5.41, 5.74) is 6.04. The van der Waals surface area contributed by atoms with Crippen LogP contribution in [0.15, 0.2) is 158 Å². The predicted molar refractivity (Wildman–Crippen MR) is 476 cm³/mol. The molecule has 7 aromatic rings. The molecule has 0 amide bonds. The fourth-order valence-corrected chi connectivity index (χ4v) is 12.1. The third kappa shape index (κ3) is 63.6. The second kappa shape index (κ2) is 66.6. The van der Waals surface area contributed by atoms with Gasteiger partial charge in [-0.25, -0.2) is 8.78 Å². The number of unbranched alkanes of at least 4 members (excludes halogenated alkanes) is 9. The second-order valence-corrected chi connectivity index (χ2v) is 34.5. The molecule has 0 saturated carbocycles. The summed E-state index contributed by atoms with van der Waals surface area (Å²) in [7, 11) is 0. The quantitative estimate of drug-likeness (QED) is 0.0188. The molecule has 0 aromatic heterocycles. The molecular weight excluding hydrogens is 1340 g/mol. The van der Waals surface area contributed by atoms with E-state index in [0.717, 1.165) is 100 Å². The number of nitro groups is 1. The van der Waals surface area contributed by atoms with Crippen molar-refractivity contribution in [1.29, 1.82) is 0 Å². The van der Waals surface area contributed by atoms with Crippen molar-refractivity contribution in [3.05, 3.63) is 218 Å². The van der Waals surface area contributed by atoms with Crippen LogP contribution in [0.2, 0.25) is 10.0 Å². The van der Waals surface area contributed by atoms with E-state index in [2.05, 4.69) is 251 Å². The van der Waals surface area contributed by atoms with Crippen LogP contribution in [-0.2, 0) is 32.1 Å². The minimum absolute atomic E-state index is 0.165. The van der Waals surface area contributed by atoms with Gasteiger partial charge in [-0.3, -0.25) is 10.1 Å². The molecule has 0 bridgehead atoms. The van der Waals surface area contributed by atoms with E-state index in [4.69, 9.17) is 23.2 Å². The maximum absolute atomic E-state index is 12.6. The van der Waals surface area contributed by atoms with E-state index in [0.29, 0.717) is 24.2 Å². The number of hydrogen-bond acceptors (Lipinski definition) is 2. The first-order valence-corrected chi connectivity index (χ1v) is 42.4. The molecule has 0 aliphatic rings. The molecule has 3 nitrogen and oxygen atoms in total. The molecule has 600 valence electrons. The highest BCUT2D eigenvalue weighted by Crippen LogP contribution is 2.27. The van der Waals surface area contributed by atoms with Crippen LogP contribution in [0.4, 0.5) is 14.5 Å². The highest BCUT2D eigenvalue weighted by atomic mass is 35.5. The van der Waals surface area contributed by atoms with Crippen molar-refractivity contribution < 1.29 is 13.7 Å². The fraction of sp³-hybridized carbons (Fsp3) is 0.596. The first-order valence-electron chi connectivity index (χ1n) is 41.7. The highest BCUT2D eigenvalue weighted by molar-refractivity contribution is 6.36. The van der Waals surface area contributed by atoms with E-state index in [9.17, 15) is 18.9 Å². The number of benzene rings is 7. The zero-order chi connectivity index (χ0) is 81.0. The Bertz CT molecular complexity index is 3130. The number of fused-ring (bicyclic) bond motifs is 2. The lowest BCUT2D eigenvalue weighted by Gasteiger charge is -2.08. The van der Waals surface area contributed by atoms with Crippen LogP contribution in [0.5, 0.6) is 0 Å². The van der Waals surface area contributed by atoms with Crippen LogP contribution >= 0.6 is 23.2 Å². The number of hydrogen-bond donors (Lipinski definition) is 0. The molecule has 0 N–H and O–H groups in total. The Morgan fingerprint density at radius 1 is 0.377 bits per heavy atom. The fourth-order valence-electron chi connectivity index (χ4n) is 11.5. The van der Waals surface area contributed by atoms with Crippen molar-refractivity contribution in [2.75, 3.05) is 0 Å². The second-order valence-electron chi connectivity index (χ2n) is 33.7. The normalized spacial score (nSPS) is 10.7. The number of non-ortho nitro benzene ring substituents is 1. The molecular formula is C99H159Cl2F2NO2. The van der Waals surface area contributed by atoms with Gasteiger partial charge >= 0.3 is 0 Å². The largest absolute Gasteiger partial charge is 0.269 e. The van der Waals surface area contributed by atoms with Crippen molar-refractivity contribution in [3.63, 3.8) is 0 Å². The van der Waals surface area contributed by atoms with E-state index in [1.165, 1.54) is 166 Å². The van der Waals surface area contributed by atoms with Crippen LogP contribution < -0.4 is 0 Å². The lowest BCUT2D eigenvalue weighted by Crippen LogP contribution is -1.95. The van der Waals surface area contributed by atoms with Crippen molar-refractivity contribution in [2.45, 2.75) is 321 Å². The average molecular weight is 1500 g/mol. The third-order valence-corrected chi connectivity index (χ3v) is 17.6. The van der Waals surface area contributed by atoms with E-state index in [1.54, 1.807) is 12.1 Å². The van der Waals surface area contributed by atoms with Gasteiger partial charge in [0.15, 0.2) is 0 Å². The smallest absolute Gasteiger partial charge is 0.258 e. The van der Waals surface area contributed by atoms with Gasteiger partial charge < -0.3 is 0 Å². The Labute approximate surface area is 663 Å². The van der Waals surface area contributed by atoms with Gasteiger partial charge in [-0.1, -0.05) is 402 Å². The Kier molecular flexibility index (Phi) is 65.9. The van der Waals surface area contributed by atoms with Crippen LogP contribution in [0, 0.1) is 86.8 Å². The summed E-state index contributed by atoms with van der Waals surface area (Å²) >= 11 is 12.0. The van der Waals surface area contributed by atoms with Crippen LogP contribution in [0.1, 0.15) is 316 Å². The molecule has 106 heavy (non-hydrogen) atoms. The van der Waals surface area contributed by atoms with Gasteiger partial charge in [0, 0.05) is 28.2 Å². The number of nitrogens with zero attached hydrogens (tertiary/aromatic N) is 1. The first-order chi connectivity index (χ1) is 50.0. The van der Waals surface area contributed by atoms with Crippen LogP contribution in [0.3, 0.4) is 0 Å². The van der Waals surface area contributed by atoms with Gasteiger partial charge in [0.05, 0.1) is 4.92 Å².